The van der Waals surface area contributed by atoms with Crippen molar-refractivity contribution in [1.29, 1.82) is 0 Å². The van der Waals surface area contributed by atoms with Gasteiger partial charge in [-0.05, 0) is 115 Å². The molecule has 0 aromatic carbocycles. The number of likely N-dealkylation sites (tertiary alicyclic amines) is 1. The average Bonchev–Trinajstić information content (AvgIpc) is 4.25. The van der Waals surface area contributed by atoms with Crippen molar-refractivity contribution >= 4 is 69.7 Å². The number of nitrogens with zero attached hydrogens (tertiary/aromatic N) is 4. The molecule has 77 heavy (non-hydrogen) atoms. The van der Waals surface area contributed by atoms with Crippen molar-refractivity contribution in [3.05, 3.63) is 89.2 Å². The van der Waals surface area contributed by atoms with E-state index in [2.05, 4.69) is 98.1 Å². The van der Waals surface area contributed by atoms with Crippen LogP contribution in [0.1, 0.15) is 152 Å². The Balaban J connectivity index is 0. The predicted molar refractivity (Wildman–Crippen MR) is 325 cm³/mol. The highest BCUT2D eigenvalue weighted by Crippen LogP contribution is 2.39. The zero-order chi connectivity index (χ0) is 58.6. The Labute approximate surface area is 475 Å². The summed E-state index contributed by atoms with van der Waals surface area (Å²) < 4.78 is 25.4. The Morgan fingerprint density at radius 2 is 1.74 bits per heavy atom. The minimum atomic E-state index is -1.03. The number of ether oxygens (including phenoxy) is 2. The van der Waals surface area contributed by atoms with Crippen molar-refractivity contribution < 1.29 is 38.0 Å². The standard InChI is InChI=1S/C19H33N3O3.C15H26N2OS2.C12H19N3OS.C9H14O.C2H6.CH2O2/c1-4-5-6-7-8-10-15(2)16(3)21-19(25)17-11-9-12-22(17)18(24)13-20-14-23;1-15(9-5-4-6-10-15)13(16-2)12-17(3)20(18)14-8-7-11-19-14;1-9(2)14-12-15-11(8-17-12)7-13-6-5-10(3)16-4;1-5-7-9(10-4)8(3)6-2;1-2;2-1-3/h8,10,14-17H,4-7,9,11-13H2,1-3H3,(H,20,23)(H,21,25);7-8,11,13,16H,4-6,9-10,12H2,1-3H3;5,7-9H,6H2,1-4H3,(H,14,15);6-7H,2-3,5H2,1,4H3;1-2H3;1H,(H,2,3)/b10-8-;;10-5+,13-7?;9-7+;;/t15?,16?,17-;13-,20?;;;;/m01..../s1. The molecular formula is C58H100N8O8S3. The number of thiophene rings is 1. The quantitative estimate of drug-likeness (QED) is 0.0142. The van der Waals surface area contributed by atoms with Gasteiger partial charge >= 0.3 is 0 Å². The fourth-order valence-corrected chi connectivity index (χ4v) is 10.8. The summed E-state index contributed by atoms with van der Waals surface area (Å²) in [5.41, 5.74) is 2.06. The molecule has 1 saturated heterocycles. The van der Waals surface area contributed by atoms with Gasteiger partial charge in [-0.25, -0.2) is 13.5 Å². The number of amides is 3. The number of aliphatic imine (C=N–C) groups is 1. The number of anilines is 1. The lowest BCUT2D eigenvalue weighted by atomic mass is 9.70. The predicted octanol–water partition coefficient (Wildman–Crippen LogP) is 11.6. The van der Waals surface area contributed by atoms with Gasteiger partial charge in [0.25, 0.3) is 6.47 Å². The number of aromatic nitrogens is 1. The van der Waals surface area contributed by atoms with Crippen LogP contribution in [-0.4, -0.2) is 133 Å². The third-order valence-corrected chi connectivity index (χ3v) is 15.9. The highest BCUT2D eigenvalue weighted by Gasteiger charge is 2.36. The summed E-state index contributed by atoms with van der Waals surface area (Å²) in [6.45, 7) is 29.8. The molecule has 3 unspecified atom stereocenters. The third kappa shape index (κ3) is 32.5. The number of likely N-dealkylation sites (N-methyl/N-ethyl adjacent to an activating group) is 2. The highest BCUT2D eigenvalue weighted by atomic mass is 32.2. The molecular weight excluding hydrogens is 1030 g/mol. The smallest absolute Gasteiger partial charge is 0.290 e. The molecule has 2 fully saturated rings. The van der Waals surface area contributed by atoms with Crippen LogP contribution in [0.5, 0.6) is 0 Å². The van der Waals surface area contributed by atoms with Crippen LogP contribution in [0, 0.1) is 11.3 Å². The number of hydrogen-bond acceptors (Lipinski definition) is 13. The SMILES string of the molecule is C=CC(=C)/C(=C\CC)OC.CC.CCCCC/C=C\C(C)C(C)NC(=O)[C@@H]1CCCN1C(=O)CNC=O.CN[C@H](CN(C)S(=O)c1cccs1)C1(C)CCCCC1.CO/C(C)=C/CN=Cc1csc(NC(C)C)n1.O=CO. The maximum absolute atomic E-state index is 12.5. The van der Waals surface area contributed by atoms with Crippen LogP contribution >= 0.6 is 22.7 Å². The van der Waals surface area contributed by atoms with Gasteiger partial charge in [-0.15, -0.1) is 22.7 Å². The van der Waals surface area contributed by atoms with Crippen molar-refractivity contribution in [3.63, 3.8) is 0 Å². The van der Waals surface area contributed by atoms with Crippen LogP contribution in [0.2, 0.25) is 0 Å². The van der Waals surface area contributed by atoms with E-state index in [-0.39, 0.29) is 36.8 Å². The first-order chi connectivity index (χ1) is 36.9. The number of carbonyl (C=O) groups excluding carboxylic acids is 3. The Morgan fingerprint density at radius 3 is 2.29 bits per heavy atom. The molecule has 1 aliphatic carbocycles. The van der Waals surface area contributed by atoms with Crippen LogP contribution in [0.15, 0.2) is 92.7 Å². The number of hydrogen-bond donors (Lipinski definition) is 5. The van der Waals surface area contributed by atoms with E-state index < -0.39 is 17.0 Å². The van der Waals surface area contributed by atoms with E-state index >= 15 is 0 Å². The maximum atomic E-state index is 12.5. The molecule has 3 amide bonds. The molecule has 438 valence electrons. The van der Waals surface area contributed by atoms with Gasteiger partial charge in [-0.3, -0.25) is 24.2 Å². The van der Waals surface area contributed by atoms with E-state index in [1.54, 1.807) is 54.1 Å². The molecule has 2 aromatic rings. The lowest BCUT2D eigenvalue weighted by Gasteiger charge is -2.42. The second-order valence-corrected chi connectivity index (χ2v) is 22.4. The highest BCUT2D eigenvalue weighted by molar-refractivity contribution is 7.85. The molecule has 5 atom stereocenters. The summed E-state index contributed by atoms with van der Waals surface area (Å²) in [5.74, 6) is 1.63. The second-order valence-electron chi connectivity index (χ2n) is 18.8. The van der Waals surface area contributed by atoms with Crippen LogP contribution in [0.25, 0.3) is 0 Å². The van der Waals surface area contributed by atoms with Gasteiger partial charge < -0.3 is 40.7 Å². The van der Waals surface area contributed by atoms with E-state index in [4.69, 9.17) is 19.4 Å². The van der Waals surface area contributed by atoms with Gasteiger partial charge in [0.05, 0.1) is 38.8 Å². The number of unbranched alkanes of at least 4 members (excludes halogenated alkanes) is 3. The number of allylic oxidation sites excluding steroid dienone is 4. The summed E-state index contributed by atoms with van der Waals surface area (Å²) in [6.07, 6.45) is 26.0. The summed E-state index contributed by atoms with van der Waals surface area (Å²) in [5, 5.41) is 23.9. The number of nitrogens with one attached hydrogen (secondary N) is 4. The molecule has 0 spiro atoms. The van der Waals surface area contributed by atoms with Crippen LogP contribution in [0.4, 0.5) is 5.13 Å². The molecule has 5 N–H and O–H groups in total. The average molecular weight is 1130 g/mol. The zero-order valence-electron chi connectivity index (χ0n) is 49.4. The zero-order valence-corrected chi connectivity index (χ0v) is 51.8. The second kappa shape index (κ2) is 46.0. The molecule has 3 heterocycles. The molecule has 1 saturated carbocycles. The Bertz CT molecular complexity index is 2050. The first-order valence-corrected chi connectivity index (χ1v) is 30.1. The van der Waals surface area contributed by atoms with Gasteiger partial charge in [0.1, 0.15) is 27.0 Å². The summed E-state index contributed by atoms with van der Waals surface area (Å²) in [4.78, 5) is 53.5. The molecule has 1 aliphatic heterocycles. The number of methoxy groups -OCH3 is 2. The number of carbonyl (C=O) groups is 4. The van der Waals surface area contributed by atoms with Gasteiger partial charge in [0.15, 0.2) is 5.13 Å². The Morgan fingerprint density at radius 1 is 1.06 bits per heavy atom. The van der Waals surface area contributed by atoms with Crippen LogP contribution < -0.4 is 21.3 Å². The Hall–Kier alpha value is -4.95. The first kappa shape index (κ1) is 74.1. The summed E-state index contributed by atoms with van der Waals surface area (Å²) in [6, 6.07) is 4.30. The van der Waals surface area contributed by atoms with E-state index in [1.807, 2.05) is 81.1 Å². The van der Waals surface area contributed by atoms with E-state index in [9.17, 15) is 18.6 Å². The first-order valence-electron chi connectivity index (χ1n) is 27.2. The van der Waals surface area contributed by atoms with Crippen molar-refractivity contribution in [2.24, 2.45) is 16.3 Å². The summed E-state index contributed by atoms with van der Waals surface area (Å²) >= 11 is 3.16. The van der Waals surface area contributed by atoms with Gasteiger partial charge in [0.2, 0.25) is 18.2 Å². The van der Waals surface area contributed by atoms with Gasteiger partial charge in [-0.2, -0.15) is 0 Å². The molecule has 2 aliphatic rings. The third-order valence-electron chi connectivity index (χ3n) is 12.5. The normalized spacial score (nSPS) is 16.4. The largest absolute Gasteiger partial charge is 0.502 e. The topological polar surface area (TPSA) is 204 Å². The van der Waals surface area contributed by atoms with E-state index in [1.165, 1.54) is 51.4 Å². The van der Waals surface area contributed by atoms with E-state index in [0.717, 1.165) is 57.9 Å². The molecule has 2 aromatic heterocycles. The molecule has 19 heteroatoms. The molecule has 4 rings (SSSR count). The monoisotopic (exact) mass is 1130 g/mol. The number of thiazole rings is 1. The Kier molecular flexibility index (Phi) is 44.3. The lowest BCUT2D eigenvalue weighted by molar-refractivity contribution is -0.138. The van der Waals surface area contributed by atoms with Gasteiger partial charge in [0, 0.05) is 55.4 Å². The summed E-state index contributed by atoms with van der Waals surface area (Å²) in [7, 11) is 6.26. The molecule has 0 radical (unpaired) electrons. The molecule has 16 nitrogen and oxygen atoms in total. The van der Waals surface area contributed by atoms with Crippen LogP contribution in [-0.2, 0) is 39.6 Å². The molecule has 0 bridgehead atoms. The lowest BCUT2D eigenvalue weighted by Crippen LogP contribution is -2.50. The van der Waals surface area contributed by atoms with Crippen molar-refractivity contribution in [3.8, 4) is 0 Å². The number of rotatable bonds is 27. The van der Waals surface area contributed by atoms with Crippen molar-refractivity contribution in [1.82, 2.24) is 30.1 Å². The van der Waals surface area contributed by atoms with Crippen LogP contribution in [0.3, 0.4) is 0 Å². The van der Waals surface area contributed by atoms with Gasteiger partial charge in [-0.1, -0.05) is 111 Å². The maximum Gasteiger partial charge on any atom is 0.290 e. The minimum Gasteiger partial charge on any atom is -0.502 e. The minimum absolute atomic E-state index is 0.0144. The fraction of sp³-hybridized carbons (Fsp3) is 0.621. The van der Waals surface area contributed by atoms with Crippen molar-refractivity contribution in [2.75, 3.05) is 59.8 Å². The van der Waals surface area contributed by atoms with E-state index in [0.29, 0.717) is 43.4 Å². The fourth-order valence-electron chi connectivity index (χ4n) is 7.92. The van der Waals surface area contributed by atoms with Crippen molar-refractivity contribution in [2.45, 2.75) is 175 Å². The number of carboxylic acid groups (broad SMARTS) is 1.